The second-order valence-corrected chi connectivity index (χ2v) is 9.81. The normalized spacial score (nSPS) is 11.2. The van der Waals surface area contributed by atoms with Gasteiger partial charge in [-0.2, -0.15) is 0 Å². The van der Waals surface area contributed by atoms with E-state index in [4.69, 9.17) is 18.9 Å². The van der Waals surface area contributed by atoms with Gasteiger partial charge in [0.1, 0.15) is 11.5 Å². The summed E-state index contributed by atoms with van der Waals surface area (Å²) in [5, 5.41) is 3.71. The SMILES string of the molecule is CCOC(=O)COc1ccc(C(CC(C)(C)NCc2ccccc2)c2ccc(OCC(=O)OCC)cc2)cc1. The molecule has 7 heteroatoms. The Morgan fingerprint density at radius 1 is 0.718 bits per heavy atom. The van der Waals surface area contributed by atoms with Gasteiger partial charge < -0.3 is 24.3 Å². The Morgan fingerprint density at radius 2 is 1.18 bits per heavy atom. The lowest BCUT2D eigenvalue weighted by Crippen LogP contribution is -2.40. The topological polar surface area (TPSA) is 83.1 Å². The molecule has 208 valence electrons. The largest absolute Gasteiger partial charge is 0.482 e. The van der Waals surface area contributed by atoms with E-state index in [1.54, 1.807) is 13.8 Å². The van der Waals surface area contributed by atoms with Gasteiger partial charge in [0, 0.05) is 18.0 Å². The van der Waals surface area contributed by atoms with Gasteiger partial charge in [0.15, 0.2) is 13.2 Å². The number of ether oxygens (including phenoxy) is 4. The molecular formula is C32H39NO6. The number of rotatable bonds is 15. The monoisotopic (exact) mass is 533 g/mol. The first kappa shape index (κ1) is 29.7. The van der Waals surface area contributed by atoms with Crippen LogP contribution in [0.3, 0.4) is 0 Å². The van der Waals surface area contributed by atoms with E-state index < -0.39 is 11.9 Å². The number of nitrogens with one attached hydrogen (secondary N) is 1. The van der Waals surface area contributed by atoms with Crippen LogP contribution in [-0.2, 0) is 25.6 Å². The molecule has 0 spiro atoms. The molecule has 0 radical (unpaired) electrons. The molecule has 39 heavy (non-hydrogen) atoms. The minimum absolute atomic E-state index is 0.0708. The molecule has 0 aliphatic rings. The van der Waals surface area contributed by atoms with Crippen molar-refractivity contribution in [3.63, 3.8) is 0 Å². The molecule has 0 unspecified atom stereocenters. The van der Waals surface area contributed by atoms with Gasteiger partial charge >= 0.3 is 11.9 Å². The van der Waals surface area contributed by atoms with E-state index in [1.807, 2.05) is 66.7 Å². The molecule has 3 aromatic rings. The van der Waals surface area contributed by atoms with Gasteiger partial charge in [-0.25, -0.2) is 9.59 Å². The van der Waals surface area contributed by atoms with Gasteiger partial charge in [0.05, 0.1) is 13.2 Å². The van der Waals surface area contributed by atoms with Crippen molar-refractivity contribution in [2.45, 2.75) is 52.1 Å². The van der Waals surface area contributed by atoms with Crippen molar-refractivity contribution in [2.24, 2.45) is 0 Å². The highest BCUT2D eigenvalue weighted by atomic mass is 16.6. The fourth-order valence-electron chi connectivity index (χ4n) is 4.23. The Kier molecular flexibility index (Phi) is 11.4. The molecule has 0 aliphatic carbocycles. The lowest BCUT2D eigenvalue weighted by Gasteiger charge is -2.32. The van der Waals surface area contributed by atoms with Gasteiger partial charge in [-0.1, -0.05) is 54.6 Å². The minimum Gasteiger partial charge on any atom is -0.482 e. The molecule has 0 atom stereocenters. The molecule has 0 aliphatic heterocycles. The maximum absolute atomic E-state index is 11.7. The lowest BCUT2D eigenvalue weighted by atomic mass is 9.81. The quantitative estimate of drug-likeness (QED) is 0.252. The molecule has 0 heterocycles. The molecule has 0 saturated heterocycles. The van der Waals surface area contributed by atoms with Crippen LogP contribution >= 0.6 is 0 Å². The summed E-state index contributed by atoms with van der Waals surface area (Å²) in [6, 6.07) is 26.0. The van der Waals surface area contributed by atoms with Gasteiger partial charge in [-0.15, -0.1) is 0 Å². The molecule has 1 N–H and O–H groups in total. The number of hydrogen-bond donors (Lipinski definition) is 1. The van der Waals surface area contributed by atoms with Crippen LogP contribution in [0, 0.1) is 0 Å². The van der Waals surface area contributed by atoms with E-state index in [0.29, 0.717) is 24.7 Å². The third-order valence-electron chi connectivity index (χ3n) is 6.22. The predicted octanol–water partition coefficient (Wildman–Crippen LogP) is 5.66. The molecule has 0 amide bonds. The Balaban J connectivity index is 1.76. The summed E-state index contributed by atoms with van der Waals surface area (Å²) >= 11 is 0. The van der Waals surface area contributed by atoms with Crippen molar-refractivity contribution in [1.82, 2.24) is 5.32 Å². The molecule has 3 aromatic carbocycles. The summed E-state index contributed by atoms with van der Waals surface area (Å²) in [7, 11) is 0. The average molecular weight is 534 g/mol. The van der Waals surface area contributed by atoms with Crippen molar-refractivity contribution < 1.29 is 28.5 Å². The summed E-state index contributed by atoms with van der Waals surface area (Å²) in [6.07, 6.45) is 0.825. The lowest BCUT2D eigenvalue weighted by molar-refractivity contribution is -0.146. The van der Waals surface area contributed by atoms with E-state index >= 15 is 0 Å². The first-order valence-corrected chi connectivity index (χ1v) is 13.4. The third-order valence-corrected chi connectivity index (χ3v) is 6.22. The van der Waals surface area contributed by atoms with E-state index in [-0.39, 0.29) is 24.7 Å². The van der Waals surface area contributed by atoms with Crippen molar-refractivity contribution >= 4 is 11.9 Å². The fourth-order valence-corrected chi connectivity index (χ4v) is 4.23. The van der Waals surface area contributed by atoms with Crippen LogP contribution in [0.1, 0.15) is 56.7 Å². The molecule has 0 bridgehead atoms. The van der Waals surface area contributed by atoms with Crippen molar-refractivity contribution in [3.8, 4) is 11.5 Å². The molecule has 0 saturated carbocycles. The Bertz CT molecular complexity index is 1090. The van der Waals surface area contributed by atoms with Crippen LogP contribution in [-0.4, -0.2) is 43.9 Å². The first-order valence-electron chi connectivity index (χ1n) is 13.4. The van der Waals surface area contributed by atoms with Crippen molar-refractivity contribution in [2.75, 3.05) is 26.4 Å². The van der Waals surface area contributed by atoms with E-state index in [1.165, 1.54) is 5.56 Å². The zero-order valence-corrected chi connectivity index (χ0v) is 23.3. The fraction of sp³-hybridized carbons (Fsp3) is 0.375. The molecular weight excluding hydrogens is 494 g/mol. The smallest absolute Gasteiger partial charge is 0.344 e. The summed E-state index contributed by atoms with van der Waals surface area (Å²) < 4.78 is 21.1. The average Bonchev–Trinajstić information content (AvgIpc) is 2.94. The number of carbonyl (C=O) groups excluding carboxylic acids is 2. The number of carbonyl (C=O) groups is 2. The van der Waals surface area contributed by atoms with E-state index in [2.05, 4.69) is 31.3 Å². The highest BCUT2D eigenvalue weighted by Crippen LogP contribution is 2.34. The standard InChI is InChI=1S/C32H39NO6/c1-5-36-30(34)22-38-27-16-12-25(13-17-27)29(20-32(3,4)33-21-24-10-8-7-9-11-24)26-14-18-28(19-15-26)39-23-31(35)37-6-2/h7-19,29,33H,5-6,20-23H2,1-4H3. The van der Waals surface area contributed by atoms with Crippen LogP contribution in [0.25, 0.3) is 0 Å². The van der Waals surface area contributed by atoms with Crippen LogP contribution in [0.15, 0.2) is 78.9 Å². The Morgan fingerprint density at radius 3 is 1.62 bits per heavy atom. The van der Waals surface area contributed by atoms with Gasteiger partial charge in [0.25, 0.3) is 0 Å². The highest BCUT2D eigenvalue weighted by molar-refractivity contribution is 5.71. The maximum atomic E-state index is 11.7. The van der Waals surface area contributed by atoms with Gasteiger partial charge in [-0.05, 0) is 75.1 Å². The molecule has 7 nitrogen and oxygen atoms in total. The van der Waals surface area contributed by atoms with E-state index in [9.17, 15) is 9.59 Å². The Hall–Kier alpha value is -3.84. The van der Waals surface area contributed by atoms with Gasteiger partial charge in [0.2, 0.25) is 0 Å². The zero-order chi connectivity index (χ0) is 28.1. The Labute approximate surface area is 231 Å². The predicted molar refractivity (Wildman–Crippen MR) is 151 cm³/mol. The summed E-state index contributed by atoms with van der Waals surface area (Å²) in [6.45, 7) is 9.10. The third kappa shape index (κ3) is 10.1. The van der Waals surface area contributed by atoms with Gasteiger partial charge in [-0.3, -0.25) is 0 Å². The second kappa shape index (κ2) is 14.9. The van der Waals surface area contributed by atoms with Crippen LogP contribution in [0.5, 0.6) is 11.5 Å². The maximum Gasteiger partial charge on any atom is 0.344 e. The summed E-state index contributed by atoms with van der Waals surface area (Å²) in [4.78, 5) is 23.3. The van der Waals surface area contributed by atoms with E-state index in [0.717, 1.165) is 24.1 Å². The summed E-state index contributed by atoms with van der Waals surface area (Å²) in [5.74, 6) is 0.498. The molecule has 3 rings (SSSR count). The summed E-state index contributed by atoms with van der Waals surface area (Å²) in [5.41, 5.74) is 3.29. The van der Waals surface area contributed by atoms with Crippen molar-refractivity contribution in [3.05, 3.63) is 95.6 Å². The second-order valence-electron chi connectivity index (χ2n) is 9.81. The first-order chi connectivity index (χ1) is 18.8. The van der Waals surface area contributed by atoms with Crippen molar-refractivity contribution in [1.29, 1.82) is 0 Å². The zero-order valence-electron chi connectivity index (χ0n) is 23.3. The number of benzene rings is 3. The highest BCUT2D eigenvalue weighted by Gasteiger charge is 2.25. The number of hydrogen-bond acceptors (Lipinski definition) is 7. The van der Waals surface area contributed by atoms with Crippen LogP contribution in [0.2, 0.25) is 0 Å². The number of esters is 2. The van der Waals surface area contributed by atoms with Crippen LogP contribution < -0.4 is 14.8 Å². The molecule has 0 fully saturated rings. The minimum atomic E-state index is -0.393. The molecule has 0 aromatic heterocycles. The van der Waals surface area contributed by atoms with Crippen LogP contribution in [0.4, 0.5) is 0 Å².